The maximum atomic E-state index is 14.0. The molecule has 0 saturated heterocycles. The summed E-state index contributed by atoms with van der Waals surface area (Å²) in [4.78, 5) is 16.7. The summed E-state index contributed by atoms with van der Waals surface area (Å²) in [5.41, 5.74) is 3.93. The van der Waals surface area contributed by atoms with E-state index >= 15 is 0 Å². The van der Waals surface area contributed by atoms with Gasteiger partial charge in [0.25, 0.3) is 5.91 Å². The van der Waals surface area contributed by atoms with Crippen LogP contribution in [0.4, 0.5) is 4.39 Å². The highest BCUT2D eigenvalue weighted by Crippen LogP contribution is 2.20. The van der Waals surface area contributed by atoms with Crippen LogP contribution in [-0.4, -0.2) is 23.9 Å². The number of nitrogens with two attached hydrogens (primary N) is 1. The van der Waals surface area contributed by atoms with Crippen LogP contribution in [0.5, 0.6) is 0 Å². The van der Waals surface area contributed by atoms with Crippen molar-refractivity contribution in [2.75, 3.05) is 0 Å². The monoisotopic (exact) mass is 438 g/mol. The van der Waals surface area contributed by atoms with Crippen LogP contribution in [0.15, 0.2) is 71.9 Å². The highest BCUT2D eigenvalue weighted by molar-refractivity contribution is 7.89. The van der Waals surface area contributed by atoms with E-state index in [1.807, 2.05) is 35.8 Å². The number of carbonyl (C=O) groups excluding carboxylic acids is 1. The highest BCUT2D eigenvalue weighted by Gasteiger charge is 2.14. The van der Waals surface area contributed by atoms with Crippen LogP contribution in [0.3, 0.4) is 0 Å². The first-order valence-corrected chi connectivity index (χ1v) is 10.9. The number of aromatic nitrogens is 2. The summed E-state index contributed by atoms with van der Waals surface area (Å²) in [5.74, 6) is -1.08. The number of rotatable bonds is 5. The number of sulfonamides is 1. The molecule has 0 saturated carbocycles. The first kappa shape index (κ1) is 20.7. The fraction of sp³-hybridized carbons (Fsp3) is 0.0909. The molecule has 0 aliphatic heterocycles. The van der Waals surface area contributed by atoms with Crippen LogP contribution < -0.4 is 10.5 Å². The molecule has 31 heavy (non-hydrogen) atoms. The zero-order chi connectivity index (χ0) is 22.2. The zero-order valence-corrected chi connectivity index (χ0v) is 17.4. The Balaban J connectivity index is 1.55. The number of hydrogen-bond acceptors (Lipinski definition) is 4. The number of hydrogen-bond donors (Lipinski definition) is 2. The van der Waals surface area contributed by atoms with Crippen LogP contribution in [0.2, 0.25) is 0 Å². The minimum absolute atomic E-state index is 0.0182. The number of imidazole rings is 1. The Hall–Kier alpha value is -3.56. The van der Waals surface area contributed by atoms with Crippen molar-refractivity contribution in [1.82, 2.24) is 14.9 Å². The van der Waals surface area contributed by atoms with Gasteiger partial charge in [-0.2, -0.15) is 0 Å². The molecule has 3 N–H and O–H groups in total. The molecule has 0 unspecified atom stereocenters. The molecule has 0 aliphatic rings. The number of amides is 1. The molecule has 0 fully saturated rings. The molecule has 9 heteroatoms. The normalized spacial score (nSPS) is 11.6. The fourth-order valence-electron chi connectivity index (χ4n) is 3.28. The van der Waals surface area contributed by atoms with Crippen molar-refractivity contribution in [1.29, 1.82) is 0 Å². The first-order valence-electron chi connectivity index (χ1n) is 9.36. The fourth-order valence-corrected chi connectivity index (χ4v) is 3.84. The number of nitrogens with zero attached hydrogens (tertiary/aromatic N) is 2. The zero-order valence-electron chi connectivity index (χ0n) is 16.5. The molecule has 158 valence electrons. The summed E-state index contributed by atoms with van der Waals surface area (Å²) in [6.45, 7) is 1.82. The summed E-state index contributed by atoms with van der Waals surface area (Å²) in [6.07, 6.45) is 1.69. The molecule has 1 aromatic heterocycles. The van der Waals surface area contributed by atoms with E-state index in [0.29, 0.717) is 11.1 Å². The summed E-state index contributed by atoms with van der Waals surface area (Å²) in [5, 5.41) is 7.68. The van der Waals surface area contributed by atoms with Crippen molar-refractivity contribution in [3.8, 4) is 5.69 Å². The second-order valence-electron chi connectivity index (χ2n) is 7.14. The maximum absolute atomic E-state index is 14.0. The van der Waals surface area contributed by atoms with Crippen molar-refractivity contribution in [3.63, 3.8) is 0 Å². The number of aryl methyl sites for hydroxylation is 1. The second kappa shape index (κ2) is 7.93. The average molecular weight is 438 g/mol. The molecular weight excluding hydrogens is 419 g/mol. The Morgan fingerprint density at radius 2 is 1.94 bits per heavy atom. The van der Waals surface area contributed by atoms with Crippen LogP contribution in [0.1, 0.15) is 21.5 Å². The molecule has 1 heterocycles. The lowest BCUT2D eigenvalue weighted by molar-refractivity contribution is 0.0950. The van der Waals surface area contributed by atoms with Gasteiger partial charge in [-0.15, -0.1) is 0 Å². The molecule has 0 atom stereocenters. The SMILES string of the molecule is Cc1cccc(-n2cnc3cc(C(=O)NCc4cc(S(N)(=O)=O)ccc4F)ccc32)c1. The third-order valence-electron chi connectivity index (χ3n) is 4.87. The van der Waals surface area contributed by atoms with Crippen LogP contribution >= 0.6 is 0 Å². The summed E-state index contributed by atoms with van der Waals surface area (Å²) in [6, 6.07) is 16.3. The van der Waals surface area contributed by atoms with Gasteiger partial charge in [0.15, 0.2) is 0 Å². The van der Waals surface area contributed by atoms with E-state index in [9.17, 15) is 17.6 Å². The van der Waals surface area contributed by atoms with Gasteiger partial charge in [0.05, 0.1) is 15.9 Å². The number of fused-ring (bicyclic) bond motifs is 1. The van der Waals surface area contributed by atoms with E-state index in [1.165, 1.54) is 0 Å². The summed E-state index contributed by atoms with van der Waals surface area (Å²) < 4.78 is 38.9. The number of carbonyl (C=O) groups is 1. The number of primary sulfonamides is 1. The van der Waals surface area contributed by atoms with Gasteiger partial charge in [-0.05, 0) is 61.0 Å². The minimum atomic E-state index is -3.97. The van der Waals surface area contributed by atoms with Gasteiger partial charge in [-0.25, -0.2) is 22.9 Å². The Kier molecular flexibility index (Phi) is 5.30. The van der Waals surface area contributed by atoms with Crippen molar-refractivity contribution in [3.05, 3.63) is 89.5 Å². The van der Waals surface area contributed by atoms with Gasteiger partial charge in [0.1, 0.15) is 12.1 Å². The standard InChI is InChI=1S/C22H19FN4O3S/c1-14-3-2-4-17(9-14)27-13-26-20-11-15(5-8-21(20)27)22(28)25-12-16-10-18(31(24,29)30)6-7-19(16)23/h2-11,13H,12H2,1H3,(H,25,28)(H2,24,29,30). The van der Waals surface area contributed by atoms with E-state index in [1.54, 1.807) is 24.5 Å². The first-order chi connectivity index (χ1) is 14.7. The van der Waals surface area contributed by atoms with Crippen molar-refractivity contribution >= 4 is 27.0 Å². The Morgan fingerprint density at radius 1 is 1.13 bits per heavy atom. The molecule has 3 aromatic carbocycles. The van der Waals surface area contributed by atoms with E-state index < -0.39 is 21.7 Å². The van der Waals surface area contributed by atoms with Crippen LogP contribution in [0, 0.1) is 12.7 Å². The number of halogens is 1. The van der Waals surface area contributed by atoms with Crippen molar-refractivity contribution in [2.24, 2.45) is 5.14 Å². The molecule has 1 amide bonds. The second-order valence-corrected chi connectivity index (χ2v) is 8.70. The molecule has 0 radical (unpaired) electrons. The Labute approximate surface area is 178 Å². The predicted molar refractivity (Wildman–Crippen MR) is 115 cm³/mol. The summed E-state index contributed by atoms with van der Waals surface area (Å²) >= 11 is 0. The molecule has 0 bridgehead atoms. The lowest BCUT2D eigenvalue weighted by atomic mass is 10.1. The van der Waals surface area contributed by atoms with Crippen LogP contribution in [-0.2, 0) is 16.6 Å². The van der Waals surface area contributed by atoms with E-state index in [4.69, 9.17) is 5.14 Å². The lowest BCUT2D eigenvalue weighted by Crippen LogP contribution is -2.23. The number of benzene rings is 3. The molecule has 0 aliphatic carbocycles. The molecule has 4 rings (SSSR count). The predicted octanol–water partition coefficient (Wildman–Crippen LogP) is 3.05. The Morgan fingerprint density at radius 3 is 2.68 bits per heavy atom. The molecular formula is C22H19FN4O3S. The van der Waals surface area contributed by atoms with Gasteiger partial charge < -0.3 is 5.32 Å². The molecule has 0 spiro atoms. The summed E-state index contributed by atoms with van der Waals surface area (Å²) in [7, 11) is -3.97. The third-order valence-corrected chi connectivity index (χ3v) is 5.79. The molecule has 7 nitrogen and oxygen atoms in total. The minimum Gasteiger partial charge on any atom is -0.348 e. The topological polar surface area (TPSA) is 107 Å². The largest absolute Gasteiger partial charge is 0.348 e. The van der Waals surface area contributed by atoms with Crippen LogP contribution in [0.25, 0.3) is 16.7 Å². The quantitative estimate of drug-likeness (QED) is 0.499. The van der Waals surface area contributed by atoms with Crippen molar-refractivity contribution < 1.29 is 17.6 Å². The van der Waals surface area contributed by atoms with E-state index in [2.05, 4.69) is 10.3 Å². The van der Waals surface area contributed by atoms with Crippen molar-refractivity contribution in [2.45, 2.75) is 18.4 Å². The maximum Gasteiger partial charge on any atom is 0.251 e. The van der Waals surface area contributed by atoms with Gasteiger partial charge in [-0.3, -0.25) is 9.36 Å². The van der Waals surface area contributed by atoms with E-state index in [0.717, 1.165) is 35.0 Å². The third kappa shape index (κ3) is 4.32. The highest BCUT2D eigenvalue weighted by atomic mass is 32.2. The average Bonchev–Trinajstić information content (AvgIpc) is 3.15. The van der Waals surface area contributed by atoms with Gasteiger partial charge in [0, 0.05) is 23.4 Å². The van der Waals surface area contributed by atoms with E-state index in [-0.39, 0.29) is 17.0 Å². The van der Waals surface area contributed by atoms with Gasteiger partial charge >= 0.3 is 0 Å². The van der Waals surface area contributed by atoms with Gasteiger partial charge in [0.2, 0.25) is 10.0 Å². The molecule has 4 aromatic rings. The smallest absolute Gasteiger partial charge is 0.251 e. The van der Waals surface area contributed by atoms with Gasteiger partial charge in [-0.1, -0.05) is 12.1 Å². The Bertz CT molecular complexity index is 1410. The number of nitrogens with one attached hydrogen (secondary N) is 1. The lowest BCUT2D eigenvalue weighted by Gasteiger charge is -2.09.